The number of aliphatic hydroxyl groups is 1. The molecule has 0 radical (unpaired) electrons. The lowest BCUT2D eigenvalue weighted by molar-refractivity contribution is -0.137. The molecule has 0 saturated carbocycles. The van der Waals surface area contributed by atoms with Crippen LogP contribution in [0.2, 0.25) is 5.02 Å². The van der Waals surface area contributed by atoms with E-state index in [1.54, 1.807) is 49.6 Å². The maximum Gasteiger partial charge on any atom is 0.330 e. The summed E-state index contributed by atoms with van der Waals surface area (Å²) in [5.74, 6) is 7.39. The van der Waals surface area contributed by atoms with E-state index in [1.807, 2.05) is 24.3 Å². The summed E-state index contributed by atoms with van der Waals surface area (Å²) in [6.45, 7) is 3.97. The third kappa shape index (κ3) is 8.11. The number of hydrogen-bond acceptors (Lipinski definition) is 6. The van der Waals surface area contributed by atoms with Gasteiger partial charge in [0.2, 0.25) is 6.29 Å². The van der Waals surface area contributed by atoms with Gasteiger partial charge in [0, 0.05) is 29.2 Å². The molecule has 1 unspecified atom stereocenters. The highest BCUT2D eigenvalue weighted by molar-refractivity contribution is 6.32. The number of ether oxygens (including phenoxy) is 4. The van der Waals surface area contributed by atoms with Crippen LogP contribution >= 0.6 is 11.6 Å². The number of carbonyl (C=O) groups excluding carboxylic acids is 1. The van der Waals surface area contributed by atoms with Crippen molar-refractivity contribution < 1.29 is 28.8 Å². The molecule has 0 spiro atoms. The second kappa shape index (κ2) is 13.1. The van der Waals surface area contributed by atoms with Crippen molar-refractivity contribution in [2.75, 3.05) is 20.3 Å². The Balaban J connectivity index is 1.52. The third-order valence-electron chi connectivity index (χ3n) is 4.75. The van der Waals surface area contributed by atoms with Crippen molar-refractivity contribution in [3.63, 3.8) is 0 Å². The van der Waals surface area contributed by atoms with Crippen LogP contribution in [0.1, 0.15) is 29.4 Å². The Morgan fingerprint density at radius 2 is 1.66 bits per heavy atom. The summed E-state index contributed by atoms with van der Waals surface area (Å²) in [6, 6.07) is 19.4. The Morgan fingerprint density at radius 1 is 1.00 bits per heavy atom. The fourth-order valence-corrected chi connectivity index (χ4v) is 3.12. The van der Waals surface area contributed by atoms with Gasteiger partial charge < -0.3 is 24.1 Å². The molecule has 6 nitrogen and oxygen atoms in total. The molecule has 0 aliphatic rings. The van der Waals surface area contributed by atoms with E-state index in [4.69, 9.17) is 30.5 Å². The number of aliphatic hydroxyl groups excluding tert-OH is 1. The van der Waals surface area contributed by atoms with E-state index in [1.165, 1.54) is 0 Å². The zero-order chi connectivity index (χ0) is 25.0. The summed E-state index contributed by atoms with van der Waals surface area (Å²) in [5.41, 5.74) is 2.10. The number of halogens is 1. The van der Waals surface area contributed by atoms with Crippen molar-refractivity contribution in [2.24, 2.45) is 0 Å². The fraction of sp³-hybridized carbons (Fsp3) is 0.179. The van der Waals surface area contributed by atoms with Gasteiger partial charge in [-0.15, -0.1) is 0 Å². The predicted molar refractivity (Wildman–Crippen MR) is 134 cm³/mol. The average molecular weight is 493 g/mol. The molecule has 0 amide bonds. The van der Waals surface area contributed by atoms with Crippen molar-refractivity contribution in [2.45, 2.75) is 12.7 Å². The lowest BCUT2D eigenvalue weighted by atomic mass is 10.1. The van der Waals surface area contributed by atoms with E-state index in [0.717, 1.165) is 17.4 Å². The number of methoxy groups -OCH3 is 1. The number of rotatable bonds is 10. The minimum absolute atomic E-state index is 0.252. The van der Waals surface area contributed by atoms with Gasteiger partial charge in [0.05, 0.1) is 25.3 Å². The first-order valence-electron chi connectivity index (χ1n) is 10.8. The normalized spacial score (nSPS) is 10.9. The molecule has 180 valence electrons. The lowest BCUT2D eigenvalue weighted by Gasteiger charge is -2.15. The van der Waals surface area contributed by atoms with E-state index in [2.05, 4.69) is 18.4 Å². The molecule has 7 heteroatoms. The largest absolute Gasteiger partial charge is 0.497 e. The molecule has 0 aliphatic heterocycles. The molecule has 0 saturated heterocycles. The van der Waals surface area contributed by atoms with Gasteiger partial charge in [0.1, 0.15) is 17.2 Å². The number of hydrogen-bond donors (Lipinski definition) is 1. The molecule has 3 aromatic carbocycles. The first-order valence-corrected chi connectivity index (χ1v) is 11.2. The molecule has 1 atom stereocenters. The van der Waals surface area contributed by atoms with Crippen LogP contribution in [0.25, 0.3) is 0 Å². The topological polar surface area (TPSA) is 74.2 Å². The zero-order valence-electron chi connectivity index (χ0n) is 19.2. The highest BCUT2D eigenvalue weighted by Gasteiger charge is 2.12. The Bertz CT molecular complexity index is 1190. The van der Waals surface area contributed by atoms with Gasteiger partial charge in [-0.3, -0.25) is 0 Å². The minimum atomic E-state index is -1.21. The van der Waals surface area contributed by atoms with Gasteiger partial charge >= 0.3 is 5.97 Å². The molecular weight excluding hydrogens is 468 g/mol. The number of benzene rings is 3. The number of carbonyl (C=O) groups is 1. The molecule has 0 aromatic heterocycles. The summed E-state index contributed by atoms with van der Waals surface area (Å²) < 4.78 is 21.2. The van der Waals surface area contributed by atoms with Gasteiger partial charge in [-0.05, 0) is 66.7 Å². The lowest BCUT2D eigenvalue weighted by Crippen LogP contribution is -2.08. The summed E-state index contributed by atoms with van der Waals surface area (Å²) >= 11 is 6.34. The van der Waals surface area contributed by atoms with Gasteiger partial charge in [0.25, 0.3) is 0 Å². The molecule has 0 bridgehead atoms. The van der Waals surface area contributed by atoms with Gasteiger partial charge in [-0.1, -0.05) is 30.0 Å². The maximum atomic E-state index is 11.0. The SMILES string of the molecule is C=CC(=O)OCCCOc1ccc(C(O)Oc2ccc(C#Cc3ccc(OC)cc3)cc2Cl)cc1. The van der Waals surface area contributed by atoms with Crippen molar-refractivity contribution in [1.82, 2.24) is 0 Å². The molecule has 3 rings (SSSR count). The summed E-state index contributed by atoms with van der Waals surface area (Å²) in [6.07, 6.45) is 0.453. The second-order valence-corrected chi connectivity index (χ2v) is 7.64. The third-order valence-corrected chi connectivity index (χ3v) is 5.04. The van der Waals surface area contributed by atoms with E-state index in [9.17, 15) is 9.90 Å². The average Bonchev–Trinajstić information content (AvgIpc) is 2.89. The molecular formula is C28H25ClO6. The summed E-state index contributed by atoms with van der Waals surface area (Å²) in [5, 5.41) is 10.8. The van der Waals surface area contributed by atoms with Crippen molar-refractivity contribution in [1.29, 1.82) is 0 Å². The van der Waals surface area contributed by atoms with Gasteiger partial charge in [-0.25, -0.2) is 4.79 Å². The van der Waals surface area contributed by atoms with Crippen LogP contribution in [0.4, 0.5) is 0 Å². The number of esters is 1. The molecule has 0 aliphatic carbocycles. The van der Waals surface area contributed by atoms with Crippen LogP contribution in [-0.2, 0) is 9.53 Å². The maximum absolute atomic E-state index is 11.0. The van der Waals surface area contributed by atoms with Crippen molar-refractivity contribution in [3.05, 3.63) is 101 Å². The predicted octanol–water partition coefficient (Wildman–Crippen LogP) is 5.32. The Hall–Kier alpha value is -3.92. The van der Waals surface area contributed by atoms with Crippen LogP contribution in [-0.4, -0.2) is 31.4 Å². The first-order chi connectivity index (χ1) is 17.0. The van der Waals surface area contributed by atoms with Crippen LogP contribution in [0, 0.1) is 11.8 Å². The van der Waals surface area contributed by atoms with Crippen molar-refractivity contribution >= 4 is 17.6 Å². The highest BCUT2D eigenvalue weighted by Crippen LogP contribution is 2.29. The van der Waals surface area contributed by atoms with Crippen LogP contribution in [0.3, 0.4) is 0 Å². The minimum Gasteiger partial charge on any atom is -0.497 e. The smallest absolute Gasteiger partial charge is 0.330 e. The van der Waals surface area contributed by atoms with Crippen LogP contribution < -0.4 is 14.2 Å². The van der Waals surface area contributed by atoms with Gasteiger partial charge in [-0.2, -0.15) is 0 Å². The molecule has 1 N–H and O–H groups in total. The first kappa shape index (κ1) is 25.7. The molecule has 3 aromatic rings. The highest BCUT2D eigenvalue weighted by atomic mass is 35.5. The standard InChI is InChI=1S/C28H25ClO6/c1-3-27(30)34-18-4-17-33-24-14-10-22(11-15-24)28(31)35-26-16-9-21(19-25(26)29)6-5-20-7-12-23(32-2)13-8-20/h3,7-16,19,28,31H,1,4,17-18H2,2H3. The van der Waals surface area contributed by atoms with E-state index >= 15 is 0 Å². The Morgan fingerprint density at radius 3 is 2.31 bits per heavy atom. The van der Waals surface area contributed by atoms with E-state index in [0.29, 0.717) is 40.7 Å². The molecule has 35 heavy (non-hydrogen) atoms. The second-order valence-electron chi connectivity index (χ2n) is 7.24. The Labute approximate surface area is 209 Å². The van der Waals surface area contributed by atoms with E-state index < -0.39 is 12.3 Å². The van der Waals surface area contributed by atoms with Gasteiger partial charge in [0.15, 0.2) is 0 Å². The van der Waals surface area contributed by atoms with Crippen LogP contribution in [0.15, 0.2) is 79.4 Å². The monoisotopic (exact) mass is 492 g/mol. The summed E-state index contributed by atoms with van der Waals surface area (Å²) in [4.78, 5) is 11.0. The molecule has 0 fully saturated rings. The zero-order valence-corrected chi connectivity index (χ0v) is 20.0. The van der Waals surface area contributed by atoms with Crippen LogP contribution in [0.5, 0.6) is 17.2 Å². The fourth-order valence-electron chi connectivity index (χ4n) is 2.89. The Kier molecular flexibility index (Phi) is 9.61. The molecule has 0 heterocycles. The van der Waals surface area contributed by atoms with E-state index in [-0.39, 0.29) is 6.61 Å². The quantitative estimate of drug-likeness (QED) is 0.136. The summed E-state index contributed by atoms with van der Waals surface area (Å²) in [7, 11) is 1.61. The van der Waals surface area contributed by atoms with Crippen molar-refractivity contribution in [3.8, 4) is 29.1 Å².